The molecule has 0 spiro atoms. The molecule has 0 saturated heterocycles. The highest BCUT2D eigenvalue weighted by Gasteiger charge is 2.28. The Bertz CT molecular complexity index is 1040. The Labute approximate surface area is 150 Å². The molecule has 0 radical (unpaired) electrons. The lowest BCUT2D eigenvalue weighted by molar-refractivity contribution is 0.0999. The third kappa shape index (κ3) is 2.58. The molecular formula is C21H16FN3O. The van der Waals surface area contributed by atoms with Gasteiger partial charge in [-0.2, -0.15) is 0 Å². The summed E-state index contributed by atoms with van der Waals surface area (Å²) in [7, 11) is 0. The largest absolute Gasteiger partial charge is 0.366 e. The van der Waals surface area contributed by atoms with Crippen LogP contribution in [0.25, 0.3) is 17.2 Å². The number of halogens is 1. The van der Waals surface area contributed by atoms with Crippen LogP contribution < -0.4 is 5.73 Å². The van der Waals surface area contributed by atoms with Crippen molar-refractivity contribution in [3.05, 3.63) is 88.8 Å². The topological polar surface area (TPSA) is 68.9 Å². The summed E-state index contributed by atoms with van der Waals surface area (Å²) in [4.78, 5) is 20.4. The Morgan fingerprint density at radius 2 is 2.08 bits per heavy atom. The van der Waals surface area contributed by atoms with Crippen molar-refractivity contribution < 1.29 is 9.18 Å². The number of hydrogen-bond acceptors (Lipinski definition) is 3. The second-order valence-electron chi connectivity index (χ2n) is 6.25. The summed E-state index contributed by atoms with van der Waals surface area (Å²) < 4.78 is 14.9. The first-order chi connectivity index (χ1) is 12.6. The van der Waals surface area contributed by atoms with E-state index in [1.54, 1.807) is 18.5 Å². The van der Waals surface area contributed by atoms with Crippen LogP contribution in [0.1, 0.15) is 38.4 Å². The minimum atomic E-state index is -0.616. The first kappa shape index (κ1) is 16.1. The quantitative estimate of drug-likeness (QED) is 0.615. The van der Waals surface area contributed by atoms with E-state index in [4.69, 9.17) is 5.73 Å². The number of aromatic nitrogens is 2. The lowest BCUT2D eigenvalue weighted by Crippen LogP contribution is -2.15. The zero-order chi connectivity index (χ0) is 18.3. The standard InChI is InChI=1S/C21H16FN3O/c1-2-13-10-25-14(11-24-13)8-18-19(22)9-17(21(23)26)16-7-12-5-3-4-6-15(12)20(16)18/h2-6,9-11H,1,7-8H2,(H2,23,26). The smallest absolute Gasteiger partial charge is 0.249 e. The van der Waals surface area contributed by atoms with Crippen LogP contribution in [0, 0.1) is 5.82 Å². The van der Waals surface area contributed by atoms with Gasteiger partial charge < -0.3 is 5.73 Å². The first-order valence-electron chi connectivity index (χ1n) is 8.24. The lowest BCUT2D eigenvalue weighted by atomic mass is 9.92. The Hall–Kier alpha value is -3.34. The summed E-state index contributed by atoms with van der Waals surface area (Å²) >= 11 is 0. The van der Waals surface area contributed by atoms with Gasteiger partial charge >= 0.3 is 0 Å². The normalized spacial score (nSPS) is 11.7. The van der Waals surface area contributed by atoms with E-state index in [1.165, 1.54) is 6.07 Å². The molecule has 5 heteroatoms. The maximum absolute atomic E-state index is 14.9. The van der Waals surface area contributed by atoms with Gasteiger partial charge in [0.15, 0.2) is 0 Å². The molecule has 1 amide bonds. The first-order valence-corrected chi connectivity index (χ1v) is 8.24. The monoisotopic (exact) mass is 345 g/mol. The fraction of sp³-hybridized carbons (Fsp3) is 0.0952. The van der Waals surface area contributed by atoms with Crippen molar-refractivity contribution in [1.29, 1.82) is 0 Å². The predicted octanol–water partition coefficient (Wildman–Crippen LogP) is 3.52. The second-order valence-corrected chi connectivity index (χ2v) is 6.25. The zero-order valence-corrected chi connectivity index (χ0v) is 14.0. The van der Waals surface area contributed by atoms with Crippen LogP contribution in [-0.2, 0) is 12.8 Å². The molecule has 4 nitrogen and oxygen atoms in total. The van der Waals surface area contributed by atoms with E-state index in [2.05, 4.69) is 16.5 Å². The molecule has 0 fully saturated rings. The predicted molar refractivity (Wildman–Crippen MR) is 98.1 cm³/mol. The summed E-state index contributed by atoms with van der Waals surface area (Å²) in [6.45, 7) is 3.65. The molecule has 0 unspecified atom stereocenters. The molecule has 1 aliphatic carbocycles. The number of carbonyl (C=O) groups is 1. The van der Waals surface area contributed by atoms with Crippen LogP contribution in [0.3, 0.4) is 0 Å². The molecule has 2 N–H and O–H groups in total. The summed E-state index contributed by atoms with van der Waals surface area (Å²) in [5, 5.41) is 0. The van der Waals surface area contributed by atoms with Crippen LogP contribution in [0.15, 0.2) is 49.3 Å². The maximum atomic E-state index is 14.9. The van der Waals surface area contributed by atoms with Crippen molar-refractivity contribution in [1.82, 2.24) is 9.97 Å². The van der Waals surface area contributed by atoms with Crippen molar-refractivity contribution >= 4 is 12.0 Å². The number of primary amides is 1. The summed E-state index contributed by atoms with van der Waals surface area (Å²) in [5.41, 5.74) is 11.1. The highest BCUT2D eigenvalue weighted by molar-refractivity contribution is 5.98. The van der Waals surface area contributed by atoms with Crippen molar-refractivity contribution in [2.45, 2.75) is 12.8 Å². The van der Waals surface area contributed by atoms with Gasteiger partial charge in [-0.15, -0.1) is 0 Å². The lowest BCUT2D eigenvalue weighted by Gasteiger charge is -2.14. The van der Waals surface area contributed by atoms with E-state index >= 15 is 0 Å². The minimum Gasteiger partial charge on any atom is -0.366 e. The molecule has 26 heavy (non-hydrogen) atoms. The number of rotatable bonds is 4. The molecule has 0 saturated carbocycles. The number of benzene rings is 2. The summed E-state index contributed by atoms with van der Waals surface area (Å²) in [6.07, 6.45) is 5.68. The van der Waals surface area contributed by atoms with Crippen LogP contribution in [-0.4, -0.2) is 15.9 Å². The van der Waals surface area contributed by atoms with Crippen molar-refractivity contribution in [2.24, 2.45) is 5.73 Å². The van der Waals surface area contributed by atoms with Crippen molar-refractivity contribution in [2.75, 3.05) is 0 Å². The number of carbonyl (C=O) groups excluding carboxylic acids is 1. The van der Waals surface area contributed by atoms with Gasteiger partial charge in [0.1, 0.15) is 5.82 Å². The van der Waals surface area contributed by atoms with E-state index in [1.807, 2.05) is 24.3 Å². The van der Waals surface area contributed by atoms with Crippen LogP contribution >= 0.6 is 0 Å². The molecule has 0 aliphatic heterocycles. The third-order valence-corrected chi connectivity index (χ3v) is 4.70. The highest BCUT2D eigenvalue weighted by Crippen LogP contribution is 2.42. The van der Waals surface area contributed by atoms with E-state index in [0.717, 1.165) is 22.3 Å². The van der Waals surface area contributed by atoms with Gasteiger partial charge in [-0.25, -0.2) is 4.39 Å². The summed E-state index contributed by atoms with van der Waals surface area (Å²) in [6, 6.07) is 9.02. The average molecular weight is 345 g/mol. The highest BCUT2D eigenvalue weighted by atomic mass is 19.1. The van der Waals surface area contributed by atoms with Gasteiger partial charge in [0, 0.05) is 23.7 Å². The molecule has 1 heterocycles. The van der Waals surface area contributed by atoms with E-state index in [-0.39, 0.29) is 12.0 Å². The Morgan fingerprint density at radius 3 is 2.77 bits per heavy atom. The molecule has 1 aromatic heterocycles. The fourth-order valence-electron chi connectivity index (χ4n) is 3.49. The molecule has 1 aliphatic rings. The Balaban J connectivity index is 1.89. The second kappa shape index (κ2) is 6.19. The van der Waals surface area contributed by atoms with Crippen molar-refractivity contribution in [3.8, 4) is 11.1 Å². The summed E-state index contributed by atoms with van der Waals surface area (Å²) in [5.74, 6) is -1.07. The SMILES string of the molecule is C=Cc1cnc(Cc2c(F)cc(C(N)=O)c3c2-c2ccccc2C3)cn1. The number of amides is 1. The number of fused-ring (bicyclic) bond motifs is 3. The zero-order valence-electron chi connectivity index (χ0n) is 14.0. The van der Waals surface area contributed by atoms with Crippen molar-refractivity contribution in [3.63, 3.8) is 0 Å². The Morgan fingerprint density at radius 1 is 1.27 bits per heavy atom. The minimum absolute atomic E-state index is 0.241. The van der Waals surface area contributed by atoms with E-state index < -0.39 is 11.7 Å². The number of hydrogen-bond donors (Lipinski definition) is 1. The molecule has 4 rings (SSSR count). The number of nitrogens with two attached hydrogens (primary N) is 1. The average Bonchev–Trinajstić information content (AvgIpc) is 3.03. The molecular weight excluding hydrogens is 329 g/mol. The van der Waals surface area contributed by atoms with E-state index in [9.17, 15) is 9.18 Å². The molecule has 128 valence electrons. The van der Waals surface area contributed by atoms with Gasteiger partial charge in [0.05, 0.1) is 17.6 Å². The molecule has 3 aromatic rings. The Kier molecular flexibility index (Phi) is 3.84. The maximum Gasteiger partial charge on any atom is 0.249 e. The molecule has 0 atom stereocenters. The van der Waals surface area contributed by atoms with Gasteiger partial charge in [-0.1, -0.05) is 30.8 Å². The van der Waals surface area contributed by atoms with E-state index in [0.29, 0.717) is 23.4 Å². The van der Waals surface area contributed by atoms with Gasteiger partial charge in [-0.3, -0.25) is 14.8 Å². The third-order valence-electron chi connectivity index (χ3n) is 4.70. The number of nitrogens with zero attached hydrogens (tertiary/aromatic N) is 2. The molecule has 0 bridgehead atoms. The van der Waals surface area contributed by atoms with Gasteiger partial charge in [-0.05, 0) is 40.8 Å². The fourth-order valence-corrected chi connectivity index (χ4v) is 3.49. The van der Waals surface area contributed by atoms with Gasteiger partial charge in [0.2, 0.25) is 5.91 Å². The van der Waals surface area contributed by atoms with Crippen LogP contribution in [0.4, 0.5) is 4.39 Å². The van der Waals surface area contributed by atoms with Gasteiger partial charge in [0.25, 0.3) is 0 Å². The van der Waals surface area contributed by atoms with Crippen LogP contribution in [0.5, 0.6) is 0 Å². The molecule has 2 aromatic carbocycles. The van der Waals surface area contributed by atoms with Crippen LogP contribution in [0.2, 0.25) is 0 Å².